The van der Waals surface area contributed by atoms with E-state index in [1.165, 1.54) is 5.56 Å². The summed E-state index contributed by atoms with van der Waals surface area (Å²) in [5, 5.41) is 3.61. The van der Waals surface area contributed by atoms with Gasteiger partial charge in [-0.2, -0.15) is 0 Å². The molecule has 4 aliphatic heterocycles. The van der Waals surface area contributed by atoms with Crippen LogP contribution >= 0.6 is 0 Å². The number of carbonyl (C=O) groups is 1. The molecule has 1 N–H and O–H groups in total. The fourth-order valence-corrected chi connectivity index (χ4v) is 6.20. The molecule has 1 amide bonds. The fourth-order valence-electron chi connectivity index (χ4n) is 6.20. The Hall–Kier alpha value is -3.11. The number of aromatic nitrogens is 2. The van der Waals surface area contributed by atoms with Crippen molar-refractivity contribution in [3.63, 3.8) is 0 Å². The number of benzene rings is 1. The van der Waals surface area contributed by atoms with Crippen LogP contribution in [0, 0.1) is 0 Å². The summed E-state index contributed by atoms with van der Waals surface area (Å²) in [5.41, 5.74) is 2.87. The van der Waals surface area contributed by atoms with E-state index in [4.69, 9.17) is 14.2 Å². The average molecular weight is 551 g/mol. The molecule has 1 aromatic carbocycles. The highest BCUT2D eigenvalue weighted by atomic mass is 16.6. The molecule has 3 fully saturated rings. The summed E-state index contributed by atoms with van der Waals surface area (Å²) in [6.45, 7) is 14.5. The Morgan fingerprint density at radius 1 is 1.10 bits per heavy atom. The van der Waals surface area contributed by atoms with Crippen LogP contribution in [0.25, 0.3) is 0 Å². The molecular formula is C30H42N6O4. The van der Waals surface area contributed by atoms with Crippen LogP contribution in [0.15, 0.2) is 24.5 Å². The Kier molecular flexibility index (Phi) is 7.48. The first kappa shape index (κ1) is 27.1. The van der Waals surface area contributed by atoms with Crippen molar-refractivity contribution in [3.05, 3.63) is 35.7 Å². The van der Waals surface area contributed by atoms with Gasteiger partial charge in [-0.25, -0.2) is 14.8 Å². The summed E-state index contributed by atoms with van der Waals surface area (Å²) in [5.74, 6) is 3.11. The molecule has 4 aliphatic rings. The van der Waals surface area contributed by atoms with Crippen LogP contribution < -0.4 is 15.0 Å². The van der Waals surface area contributed by atoms with E-state index in [1.807, 2.05) is 25.7 Å². The van der Waals surface area contributed by atoms with E-state index in [2.05, 4.69) is 50.2 Å². The van der Waals surface area contributed by atoms with Gasteiger partial charge >= 0.3 is 6.09 Å². The molecule has 6 rings (SSSR count). The van der Waals surface area contributed by atoms with E-state index in [1.54, 1.807) is 6.33 Å². The number of piperidine rings is 1. The first-order valence-electron chi connectivity index (χ1n) is 14.8. The molecule has 5 heterocycles. The lowest BCUT2D eigenvalue weighted by Gasteiger charge is -2.47. The monoisotopic (exact) mass is 550 g/mol. The summed E-state index contributed by atoms with van der Waals surface area (Å²) in [6, 6.07) is 7.02. The highest BCUT2D eigenvalue weighted by Crippen LogP contribution is 2.44. The van der Waals surface area contributed by atoms with E-state index in [0.717, 1.165) is 87.2 Å². The summed E-state index contributed by atoms with van der Waals surface area (Å²) in [4.78, 5) is 28.3. The molecule has 1 aromatic heterocycles. The van der Waals surface area contributed by atoms with Gasteiger partial charge in [0.25, 0.3) is 0 Å². The third kappa shape index (κ3) is 5.56. The van der Waals surface area contributed by atoms with Crippen molar-refractivity contribution in [3.8, 4) is 5.75 Å². The number of likely N-dealkylation sites (tertiary alicyclic amines) is 2. The van der Waals surface area contributed by atoms with Gasteiger partial charge in [-0.1, -0.05) is 13.0 Å². The summed E-state index contributed by atoms with van der Waals surface area (Å²) >= 11 is 0. The average Bonchev–Trinajstić information content (AvgIpc) is 3.08. The number of hydrogen-bond acceptors (Lipinski definition) is 9. The van der Waals surface area contributed by atoms with E-state index in [9.17, 15) is 4.79 Å². The predicted molar refractivity (Wildman–Crippen MR) is 154 cm³/mol. The third-order valence-electron chi connectivity index (χ3n) is 8.42. The molecule has 0 bridgehead atoms. The Bertz CT molecular complexity index is 1210. The second-order valence-corrected chi connectivity index (χ2v) is 12.3. The molecule has 2 aromatic rings. The predicted octanol–water partition coefficient (Wildman–Crippen LogP) is 4.70. The van der Waals surface area contributed by atoms with Crippen LogP contribution in [0.2, 0.25) is 0 Å². The fraction of sp³-hybridized carbons (Fsp3) is 0.633. The second-order valence-electron chi connectivity index (χ2n) is 12.3. The minimum absolute atomic E-state index is 0.125. The quantitative estimate of drug-likeness (QED) is 0.582. The van der Waals surface area contributed by atoms with Crippen LogP contribution in [-0.2, 0) is 9.47 Å². The topological polar surface area (TPSA) is 92.3 Å². The highest BCUT2D eigenvalue weighted by Gasteiger charge is 2.38. The van der Waals surface area contributed by atoms with Crippen molar-refractivity contribution < 1.29 is 19.0 Å². The SMILES string of the molecule is CC[C@@H]1Oc2ccc(C3CCN(C4CN(C(=O)OC(C)(C)C)C4)CC3)cc2Nc2ncnc(N3CCOCC3)c21. The van der Waals surface area contributed by atoms with Gasteiger partial charge in [0.1, 0.15) is 35.4 Å². The maximum atomic E-state index is 12.3. The Morgan fingerprint density at radius 2 is 1.85 bits per heavy atom. The number of rotatable bonds is 4. The zero-order valence-corrected chi connectivity index (χ0v) is 24.2. The van der Waals surface area contributed by atoms with Crippen LogP contribution in [0.3, 0.4) is 0 Å². The van der Waals surface area contributed by atoms with Gasteiger partial charge in [-0.3, -0.25) is 4.90 Å². The number of anilines is 3. The standard InChI is InChI=1S/C30H42N6O4/c1-5-24-26-27(31-19-32-28(26)35-12-14-38-15-13-35)33-23-16-21(6-7-25(23)39-24)20-8-10-34(11-9-20)22-17-36(18-22)29(37)40-30(2,3)4/h6-7,16,19-20,22,24H,5,8-15,17-18H2,1-4H3,(H,31,32,33)/t24-/m0/s1. The van der Waals surface area contributed by atoms with Gasteiger partial charge in [0.2, 0.25) is 0 Å². The molecule has 0 unspecified atom stereocenters. The van der Waals surface area contributed by atoms with E-state index in [0.29, 0.717) is 25.2 Å². The molecule has 10 nitrogen and oxygen atoms in total. The van der Waals surface area contributed by atoms with Crippen molar-refractivity contribution >= 4 is 23.4 Å². The first-order valence-corrected chi connectivity index (χ1v) is 14.8. The third-order valence-corrected chi connectivity index (χ3v) is 8.42. The van der Waals surface area contributed by atoms with Crippen LogP contribution in [0.5, 0.6) is 5.75 Å². The van der Waals surface area contributed by atoms with Gasteiger partial charge < -0.3 is 29.3 Å². The Balaban J connectivity index is 1.12. The van der Waals surface area contributed by atoms with Gasteiger partial charge in [-0.05, 0) is 76.7 Å². The van der Waals surface area contributed by atoms with E-state index < -0.39 is 5.60 Å². The maximum Gasteiger partial charge on any atom is 0.410 e. The number of carbonyl (C=O) groups excluding carboxylic acids is 1. The molecule has 40 heavy (non-hydrogen) atoms. The van der Waals surface area contributed by atoms with Crippen molar-refractivity contribution in [1.82, 2.24) is 19.8 Å². The van der Waals surface area contributed by atoms with Gasteiger partial charge in [-0.15, -0.1) is 0 Å². The van der Waals surface area contributed by atoms with Gasteiger partial charge in [0.15, 0.2) is 0 Å². The second kappa shape index (κ2) is 11.0. The van der Waals surface area contributed by atoms with Crippen molar-refractivity contribution in [2.75, 3.05) is 62.7 Å². The normalized spacial score (nSPS) is 22.4. The van der Waals surface area contributed by atoms with Crippen molar-refractivity contribution in [2.24, 2.45) is 0 Å². The first-order chi connectivity index (χ1) is 19.3. The molecule has 0 spiro atoms. The molecule has 1 atom stereocenters. The number of nitrogens with zero attached hydrogens (tertiary/aromatic N) is 5. The number of ether oxygens (including phenoxy) is 3. The maximum absolute atomic E-state index is 12.3. The van der Waals surface area contributed by atoms with Crippen LogP contribution in [0.1, 0.15) is 70.1 Å². The van der Waals surface area contributed by atoms with Crippen LogP contribution in [0.4, 0.5) is 22.1 Å². The van der Waals surface area contributed by atoms with E-state index in [-0.39, 0.29) is 12.2 Å². The lowest BCUT2D eigenvalue weighted by molar-refractivity contribution is -0.0196. The molecule has 0 aliphatic carbocycles. The number of nitrogens with one attached hydrogen (secondary N) is 1. The highest BCUT2D eigenvalue weighted by molar-refractivity contribution is 5.73. The van der Waals surface area contributed by atoms with E-state index >= 15 is 0 Å². The molecule has 3 saturated heterocycles. The molecule has 0 saturated carbocycles. The summed E-state index contributed by atoms with van der Waals surface area (Å²) in [7, 11) is 0. The smallest absolute Gasteiger partial charge is 0.410 e. The van der Waals surface area contributed by atoms with Crippen LogP contribution in [-0.4, -0.2) is 90.0 Å². The molecule has 216 valence electrons. The van der Waals surface area contributed by atoms with Crippen molar-refractivity contribution in [2.45, 2.75) is 70.6 Å². The van der Waals surface area contributed by atoms with Gasteiger partial charge in [0.05, 0.1) is 24.5 Å². The number of morpholine rings is 1. The Morgan fingerprint density at radius 3 is 2.55 bits per heavy atom. The Labute approximate surface area is 237 Å². The van der Waals surface area contributed by atoms with Gasteiger partial charge in [0, 0.05) is 32.2 Å². The lowest BCUT2D eigenvalue weighted by atomic mass is 9.88. The zero-order chi connectivity index (χ0) is 27.9. The minimum Gasteiger partial charge on any atom is -0.483 e. The number of hydrogen-bond donors (Lipinski definition) is 1. The minimum atomic E-state index is -0.453. The molecular weight excluding hydrogens is 508 g/mol. The van der Waals surface area contributed by atoms with Crippen molar-refractivity contribution in [1.29, 1.82) is 0 Å². The summed E-state index contributed by atoms with van der Waals surface area (Å²) < 4.78 is 17.7. The largest absolute Gasteiger partial charge is 0.483 e. The molecule has 10 heteroatoms. The zero-order valence-electron chi connectivity index (χ0n) is 24.2. The number of fused-ring (bicyclic) bond motifs is 2. The summed E-state index contributed by atoms with van der Waals surface area (Å²) in [6.07, 6.45) is 4.34. The lowest BCUT2D eigenvalue weighted by Crippen LogP contribution is -2.62. The molecule has 0 radical (unpaired) electrons. The number of amides is 1.